The van der Waals surface area contributed by atoms with E-state index in [1.165, 1.54) is 34.9 Å². The van der Waals surface area contributed by atoms with Crippen LogP contribution in [-0.4, -0.2) is 15.7 Å². The lowest BCUT2D eigenvalue weighted by Gasteiger charge is -2.40. The minimum Gasteiger partial charge on any atom is -0.324 e. The Labute approximate surface area is 212 Å². The average molecular weight is 535 g/mol. The fourth-order valence-electron chi connectivity index (χ4n) is 6.30. The largest absolute Gasteiger partial charge is 0.418 e. The summed E-state index contributed by atoms with van der Waals surface area (Å²) in [5.74, 6) is 0.333. The smallest absolute Gasteiger partial charge is 0.324 e. The molecule has 4 nitrogen and oxygen atoms in total. The molecule has 0 radical (unpaired) electrons. The first-order valence-electron chi connectivity index (χ1n) is 11.8. The lowest BCUT2D eigenvalue weighted by Crippen LogP contribution is -2.35. The number of amides is 1. The summed E-state index contributed by atoms with van der Waals surface area (Å²) in [7, 11) is 0. The van der Waals surface area contributed by atoms with Crippen LogP contribution in [0.15, 0.2) is 58.4 Å². The van der Waals surface area contributed by atoms with Crippen LogP contribution in [0.2, 0.25) is 0 Å². The predicted molar refractivity (Wildman–Crippen MR) is 131 cm³/mol. The number of nitrogens with one attached hydrogen (secondary N) is 1. The number of anilines is 1. The Bertz CT molecular complexity index is 1380. The molecular weight excluding hydrogens is 512 g/mol. The molecule has 2 saturated carbocycles. The average Bonchev–Trinajstić information content (AvgIpc) is 3.52. The molecule has 1 N–H and O–H groups in total. The number of hydrogen-bond acceptors (Lipinski definition) is 4. The van der Waals surface area contributed by atoms with Crippen molar-refractivity contribution in [3.05, 3.63) is 80.0 Å². The Balaban J connectivity index is 1.35. The molecule has 4 unspecified atom stereocenters. The van der Waals surface area contributed by atoms with Crippen molar-refractivity contribution in [2.45, 2.75) is 48.2 Å². The van der Waals surface area contributed by atoms with E-state index in [2.05, 4.69) is 5.32 Å². The van der Waals surface area contributed by atoms with Gasteiger partial charge in [-0.2, -0.15) is 13.2 Å². The monoisotopic (exact) mass is 534 g/mol. The first kappa shape index (κ1) is 23.8. The van der Waals surface area contributed by atoms with E-state index in [4.69, 9.17) is 0 Å². The molecule has 188 valence electrons. The molecule has 2 heterocycles. The Morgan fingerprint density at radius 1 is 1.06 bits per heavy atom. The molecule has 10 heteroatoms. The van der Waals surface area contributed by atoms with Crippen LogP contribution in [0.4, 0.5) is 23.2 Å². The molecule has 5 atom stereocenters. The van der Waals surface area contributed by atoms with Crippen molar-refractivity contribution >= 4 is 34.7 Å². The highest BCUT2D eigenvalue weighted by Crippen LogP contribution is 2.64. The van der Waals surface area contributed by atoms with Crippen LogP contribution in [0.3, 0.4) is 0 Å². The Hall–Kier alpha value is -2.59. The number of nitrogens with zero attached hydrogens (tertiary/aromatic N) is 1. The second-order valence-electron chi connectivity index (χ2n) is 9.74. The van der Waals surface area contributed by atoms with Crippen LogP contribution in [0.1, 0.15) is 41.2 Å². The number of alkyl halides is 3. The first-order chi connectivity index (χ1) is 17.2. The van der Waals surface area contributed by atoms with Gasteiger partial charge in [0.05, 0.1) is 16.3 Å². The van der Waals surface area contributed by atoms with Crippen molar-refractivity contribution in [2.75, 3.05) is 5.32 Å². The van der Waals surface area contributed by atoms with Gasteiger partial charge in [-0.05, 0) is 66.8 Å². The van der Waals surface area contributed by atoms with Crippen LogP contribution in [-0.2, 0) is 17.5 Å². The van der Waals surface area contributed by atoms with Gasteiger partial charge in [0.2, 0.25) is 5.91 Å². The van der Waals surface area contributed by atoms with E-state index in [0.29, 0.717) is 28.0 Å². The number of thioether (sulfide) groups is 1. The van der Waals surface area contributed by atoms with Crippen LogP contribution in [0.25, 0.3) is 0 Å². The number of carbonyl (C=O) groups excluding carboxylic acids is 1. The fraction of sp³-hybridized carbons (Fsp3) is 0.385. The fourth-order valence-corrected chi connectivity index (χ4v) is 9.45. The van der Waals surface area contributed by atoms with Crippen molar-refractivity contribution < 1.29 is 22.4 Å². The molecule has 2 fully saturated rings. The maximum absolute atomic E-state index is 13.7. The lowest BCUT2D eigenvalue weighted by atomic mass is 9.75. The van der Waals surface area contributed by atoms with Gasteiger partial charge in [-0.1, -0.05) is 35.6 Å². The molecule has 0 spiro atoms. The number of thiazole rings is 1. The van der Waals surface area contributed by atoms with Crippen LogP contribution < -0.4 is 10.2 Å². The van der Waals surface area contributed by atoms with E-state index in [9.17, 15) is 27.2 Å². The summed E-state index contributed by atoms with van der Waals surface area (Å²) >= 11 is 2.72. The molecule has 2 aliphatic carbocycles. The van der Waals surface area contributed by atoms with Gasteiger partial charge in [0.25, 0.3) is 0 Å². The van der Waals surface area contributed by atoms with Gasteiger partial charge < -0.3 is 5.32 Å². The normalized spacial score (nSPS) is 26.5. The van der Waals surface area contributed by atoms with Crippen molar-refractivity contribution in [1.82, 2.24) is 4.57 Å². The van der Waals surface area contributed by atoms with Gasteiger partial charge in [-0.3, -0.25) is 14.2 Å². The second-order valence-corrected chi connectivity index (χ2v) is 11.9. The summed E-state index contributed by atoms with van der Waals surface area (Å²) in [4.78, 5) is 26.5. The standard InChI is InChI=1S/C26H22F4N2O2S2/c27-16-9-7-13(8-10-16)20-21-14-5-6-15(11-14)22(21)35-24-23(20)36-25(34)32(24)12-19(33)31-18-4-2-1-3-17(18)26(28,29)30/h1-4,7-10,14-15,20-22H,5-6,11-12H2,(H,31,33)/t14?,15?,20-,21?,22?/m0/s1. The zero-order valence-electron chi connectivity index (χ0n) is 18.9. The van der Waals surface area contributed by atoms with Crippen molar-refractivity contribution in [2.24, 2.45) is 17.8 Å². The van der Waals surface area contributed by atoms with Crippen LogP contribution in [0, 0.1) is 23.6 Å². The van der Waals surface area contributed by atoms with Gasteiger partial charge >= 0.3 is 11.0 Å². The number of para-hydroxylation sites is 1. The van der Waals surface area contributed by atoms with Gasteiger partial charge in [0.15, 0.2) is 0 Å². The molecule has 3 aromatic rings. The van der Waals surface area contributed by atoms with Gasteiger partial charge in [0, 0.05) is 16.0 Å². The summed E-state index contributed by atoms with van der Waals surface area (Å²) in [5, 5.41) is 3.35. The van der Waals surface area contributed by atoms with Crippen molar-refractivity contribution in [3.8, 4) is 0 Å². The first-order valence-corrected chi connectivity index (χ1v) is 13.5. The van der Waals surface area contributed by atoms with Crippen LogP contribution in [0.5, 0.6) is 0 Å². The summed E-state index contributed by atoms with van der Waals surface area (Å²) in [5.41, 5.74) is -0.316. The van der Waals surface area contributed by atoms with E-state index >= 15 is 0 Å². The van der Waals surface area contributed by atoms with Gasteiger partial charge in [-0.25, -0.2) is 4.39 Å². The summed E-state index contributed by atoms with van der Waals surface area (Å²) in [6.45, 7) is -0.370. The van der Waals surface area contributed by atoms with Crippen molar-refractivity contribution in [3.63, 3.8) is 0 Å². The summed E-state index contributed by atoms with van der Waals surface area (Å²) < 4.78 is 55.2. The molecule has 3 aliphatic rings. The van der Waals surface area contributed by atoms with Gasteiger partial charge in [-0.15, -0.1) is 11.8 Å². The third kappa shape index (κ3) is 3.98. The maximum Gasteiger partial charge on any atom is 0.418 e. The molecule has 36 heavy (non-hydrogen) atoms. The number of halogens is 4. The maximum atomic E-state index is 13.7. The molecule has 1 aliphatic heterocycles. The van der Waals surface area contributed by atoms with Crippen molar-refractivity contribution in [1.29, 1.82) is 0 Å². The molecular formula is C26H22F4N2O2S2. The number of benzene rings is 2. The molecule has 2 aromatic carbocycles. The third-order valence-electron chi connectivity index (χ3n) is 7.73. The quantitative estimate of drug-likeness (QED) is 0.397. The highest BCUT2D eigenvalue weighted by molar-refractivity contribution is 8.00. The Morgan fingerprint density at radius 3 is 2.53 bits per heavy atom. The van der Waals surface area contributed by atoms with E-state index < -0.39 is 17.6 Å². The van der Waals surface area contributed by atoms with E-state index in [1.54, 1.807) is 23.9 Å². The zero-order chi connectivity index (χ0) is 25.2. The lowest BCUT2D eigenvalue weighted by molar-refractivity contribution is -0.137. The minimum absolute atomic E-state index is 0.0601. The number of carbonyl (C=O) groups is 1. The third-order valence-corrected chi connectivity index (χ3v) is 10.6. The van der Waals surface area contributed by atoms with E-state index in [1.807, 2.05) is 0 Å². The van der Waals surface area contributed by atoms with E-state index in [-0.39, 0.29) is 28.8 Å². The SMILES string of the molecule is O=C(Cn1c2c(sc1=O)[C@@H](c1ccc(F)cc1)C1C3CCC(C3)C1S2)Nc1ccccc1C(F)(F)F. The van der Waals surface area contributed by atoms with E-state index in [0.717, 1.165) is 47.1 Å². The van der Waals surface area contributed by atoms with Gasteiger partial charge in [0.1, 0.15) is 12.4 Å². The highest BCUT2D eigenvalue weighted by atomic mass is 32.2. The zero-order valence-corrected chi connectivity index (χ0v) is 20.6. The molecule has 0 saturated heterocycles. The second kappa shape index (κ2) is 8.76. The molecule has 6 rings (SSSR count). The number of hydrogen-bond donors (Lipinski definition) is 1. The van der Waals surface area contributed by atoms with Crippen LogP contribution >= 0.6 is 23.1 Å². The number of rotatable bonds is 4. The topological polar surface area (TPSA) is 51.1 Å². The molecule has 1 aromatic heterocycles. The minimum atomic E-state index is -4.61. The Kier molecular flexibility index (Phi) is 5.79. The predicted octanol–water partition coefficient (Wildman–Crippen LogP) is 6.36. The Morgan fingerprint density at radius 2 is 1.78 bits per heavy atom. The molecule has 2 bridgehead atoms. The summed E-state index contributed by atoms with van der Waals surface area (Å²) in [6, 6.07) is 11.2. The number of fused-ring (bicyclic) bond motifs is 6. The highest BCUT2D eigenvalue weighted by Gasteiger charge is 2.55. The summed E-state index contributed by atoms with van der Waals surface area (Å²) in [6.07, 6.45) is -1.20. The number of aromatic nitrogens is 1. The molecule has 1 amide bonds.